The van der Waals surface area contributed by atoms with E-state index in [1.807, 2.05) is 6.92 Å². The number of hydrogen-bond donors (Lipinski definition) is 1. The molecule has 28 heavy (non-hydrogen) atoms. The predicted molar refractivity (Wildman–Crippen MR) is 94.9 cm³/mol. The first-order chi connectivity index (χ1) is 12.5. The standard InChI is InChI=1S/C18H23F7N2.ClH/c1-3-4-11(2)16(27-7-5-26-6-8-27)15-13(18(23,24)25)9-12(10-14(15)19)17(20,21)22;/h9-11,16,26H,3-8H2,1-2H3;1H/t11?,16-;/m0./s1. The highest BCUT2D eigenvalue weighted by Crippen LogP contribution is 2.44. The summed E-state index contributed by atoms with van der Waals surface area (Å²) >= 11 is 0. The van der Waals surface area contributed by atoms with Gasteiger partial charge in [0, 0.05) is 37.8 Å². The summed E-state index contributed by atoms with van der Waals surface area (Å²) in [5.41, 5.74) is -3.85. The summed E-state index contributed by atoms with van der Waals surface area (Å²) in [5, 5.41) is 3.07. The summed E-state index contributed by atoms with van der Waals surface area (Å²) < 4.78 is 94.4. The third-order valence-corrected chi connectivity index (χ3v) is 4.89. The molecule has 1 aliphatic rings. The van der Waals surface area contributed by atoms with E-state index in [1.54, 1.807) is 11.8 Å². The summed E-state index contributed by atoms with van der Waals surface area (Å²) in [5.74, 6) is -1.80. The van der Waals surface area contributed by atoms with Crippen molar-refractivity contribution in [1.82, 2.24) is 10.2 Å². The lowest BCUT2D eigenvalue weighted by atomic mass is 9.85. The molecule has 0 amide bonds. The fraction of sp³-hybridized carbons (Fsp3) is 0.667. The Morgan fingerprint density at radius 3 is 2.07 bits per heavy atom. The van der Waals surface area contributed by atoms with E-state index in [4.69, 9.17) is 0 Å². The van der Waals surface area contributed by atoms with Crippen LogP contribution in [-0.4, -0.2) is 31.1 Å². The number of benzene rings is 1. The van der Waals surface area contributed by atoms with E-state index in [9.17, 15) is 30.7 Å². The number of hydrogen-bond acceptors (Lipinski definition) is 2. The van der Waals surface area contributed by atoms with Crippen LogP contribution in [0.5, 0.6) is 0 Å². The Morgan fingerprint density at radius 1 is 1.04 bits per heavy atom. The van der Waals surface area contributed by atoms with Gasteiger partial charge in [-0.1, -0.05) is 20.3 Å². The van der Waals surface area contributed by atoms with Crippen molar-refractivity contribution in [3.8, 4) is 0 Å². The zero-order chi connectivity index (χ0) is 20.4. The summed E-state index contributed by atoms with van der Waals surface area (Å²) in [6.45, 7) is 5.43. The van der Waals surface area contributed by atoms with Gasteiger partial charge in [0.05, 0.1) is 11.1 Å². The number of piperazine rings is 1. The van der Waals surface area contributed by atoms with Gasteiger partial charge in [-0.3, -0.25) is 4.90 Å². The van der Waals surface area contributed by atoms with Crippen LogP contribution in [0.2, 0.25) is 0 Å². The molecular weight excluding hydrogens is 413 g/mol. The summed E-state index contributed by atoms with van der Waals surface area (Å²) in [7, 11) is 0. The molecule has 0 spiro atoms. The molecule has 1 saturated heterocycles. The molecule has 1 fully saturated rings. The van der Waals surface area contributed by atoms with Gasteiger partial charge < -0.3 is 5.32 Å². The van der Waals surface area contributed by atoms with Crippen molar-refractivity contribution in [1.29, 1.82) is 0 Å². The second kappa shape index (κ2) is 9.63. The molecule has 1 aromatic carbocycles. The highest BCUT2D eigenvalue weighted by molar-refractivity contribution is 5.85. The fourth-order valence-electron chi connectivity index (χ4n) is 3.72. The largest absolute Gasteiger partial charge is 0.416 e. The molecule has 1 unspecified atom stereocenters. The smallest absolute Gasteiger partial charge is 0.314 e. The molecule has 10 heteroatoms. The van der Waals surface area contributed by atoms with Crippen molar-refractivity contribution in [2.75, 3.05) is 26.2 Å². The molecule has 1 N–H and O–H groups in total. The minimum absolute atomic E-state index is 0. The van der Waals surface area contributed by atoms with Gasteiger partial charge in [-0.25, -0.2) is 4.39 Å². The number of halogens is 8. The molecule has 1 aliphatic heterocycles. The monoisotopic (exact) mass is 436 g/mol. The number of alkyl halides is 6. The molecule has 0 radical (unpaired) electrons. The summed E-state index contributed by atoms with van der Waals surface area (Å²) in [6.07, 6.45) is -8.94. The van der Waals surface area contributed by atoms with Gasteiger partial charge in [0.15, 0.2) is 0 Å². The van der Waals surface area contributed by atoms with Crippen molar-refractivity contribution in [3.05, 3.63) is 34.6 Å². The van der Waals surface area contributed by atoms with Crippen LogP contribution in [-0.2, 0) is 12.4 Å². The van der Waals surface area contributed by atoms with E-state index >= 15 is 0 Å². The van der Waals surface area contributed by atoms with Gasteiger partial charge in [0.2, 0.25) is 0 Å². The normalized spacial score (nSPS) is 18.5. The SMILES string of the molecule is CCCC(C)[C@@H](c1c(F)cc(C(F)(F)F)cc1C(F)(F)F)N1CCNCC1.Cl. The molecule has 0 saturated carbocycles. The maximum Gasteiger partial charge on any atom is 0.416 e. The lowest BCUT2D eigenvalue weighted by Gasteiger charge is -2.40. The molecule has 1 aromatic rings. The van der Waals surface area contributed by atoms with Crippen LogP contribution in [0.15, 0.2) is 12.1 Å². The van der Waals surface area contributed by atoms with E-state index in [0.717, 1.165) is 0 Å². The van der Waals surface area contributed by atoms with Crippen molar-refractivity contribution in [3.63, 3.8) is 0 Å². The Labute approximate surface area is 165 Å². The third-order valence-electron chi connectivity index (χ3n) is 4.89. The van der Waals surface area contributed by atoms with Crippen LogP contribution in [0.1, 0.15) is 49.4 Å². The number of nitrogens with one attached hydrogen (secondary N) is 1. The predicted octanol–water partition coefficient (Wildman–Crippen LogP) is 5.67. The van der Waals surface area contributed by atoms with E-state index in [2.05, 4.69) is 5.32 Å². The first kappa shape index (κ1) is 25.0. The second-order valence-corrected chi connectivity index (χ2v) is 6.91. The van der Waals surface area contributed by atoms with Crippen molar-refractivity contribution < 1.29 is 30.7 Å². The van der Waals surface area contributed by atoms with Crippen LogP contribution in [0.25, 0.3) is 0 Å². The molecule has 2 rings (SSSR count). The van der Waals surface area contributed by atoms with E-state index in [-0.39, 0.29) is 30.5 Å². The van der Waals surface area contributed by atoms with Crippen molar-refractivity contribution >= 4 is 12.4 Å². The van der Waals surface area contributed by atoms with Gasteiger partial charge >= 0.3 is 12.4 Å². The Bertz CT molecular complexity index is 640. The zero-order valence-electron chi connectivity index (χ0n) is 15.6. The summed E-state index contributed by atoms with van der Waals surface area (Å²) in [6, 6.07) is -0.726. The lowest BCUT2D eigenvalue weighted by Crippen LogP contribution is -2.47. The molecule has 2 atom stereocenters. The van der Waals surface area contributed by atoms with Gasteiger partial charge in [0.1, 0.15) is 5.82 Å². The van der Waals surface area contributed by atoms with E-state index < -0.39 is 40.9 Å². The lowest BCUT2D eigenvalue weighted by molar-refractivity contribution is -0.144. The van der Waals surface area contributed by atoms with Crippen LogP contribution >= 0.6 is 12.4 Å². The Morgan fingerprint density at radius 2 is 1.61 bits per heavy atom. The first-order valence-corrected chi connectivity index (χ1v) is 8.89. The highest BCUT2D eigenvalue weighted by atomic mass is 35.5. The second-order valence-electron chi connectivity index (χ2n) is 6.91. The molecule has 0 aliphatic carbocycles. The van der Waals surface area contributed by atoms with Crippen LogP contribution in [0.3, 0.4) is 0 Å². The average molecular weight is 437 g/mol. The van der Waals surface area contributed by atoms with Crippen LogP contribution < -0.4 is 5.32 Å². The highest BCUT2D eigenvalue weighted by Gasteiger charge is 2.43. The number of nitrogens with zero attached hydrogens (tertiary/aromatic N) is 1. The summed E-state index contributed by atoms with van der Waals surface area (Å²) in [4.78, 5) is 1.73. The maximum absolute atomic E-state index is 14.7. The van der Waals surface area contributed by atoms with Gasteiger partial charge in [-0.2, -0.15) is 26.3 Å². The Hall–Kier alpha value is -1.06. The van der Waals surface area contributed by atoms with Gasteiger partial charge in [-0.15, -0.1) is 12.4 Å². The maximum atomic E-state index is 14.7. The van der Waals surface area contributed by atoms with E-state index in [1.165, 1.54) is 0 Å². The van der Waals surface area contributed by atoms with Crippen molar-refractivity contribution in [2.24, 2.45) is 5.92 Å². The average Bonchev–Trinajstić information content (AvgIpc) is 2.55. The topological polar surface area (TPSA) is 15.3 Å². The quantitative estimate of drug-likeness (QED) is 0.598. The molecule has 162 valence electrons. The van der Waals surface area contributed by atoms with Crippen LogP contribution in [0, 0.1) is 11.7 Å². The minimum atomic E-state index is -5.09. The van der Waals surface area contributed by atoms with Crippen molar-refractivity contribution in [2.45, 2.75) is 45.1 Å². The zero-order valence-corrected chi connectivity index (χ0v) is 16.4. The molecule has 1 heterocycles. The third kappa shape index (κ3) is 5.73. The number of rotatable bonds is 5. The van der Waals surface area contributed by atoms with Crippen LogP contribution in [0.4, 0.5) is 30.7 Å². The fourth-order valence-corrected chi connectivity index (χ4v) is 3.72. The van der Waals surface area contributed by atoms with Gasteiger partial charge in [0.25, 0.3) is 0 Å². The van der Waals surface area contributed by atoms with Gasteiger partial charge in [-0.05, 0) is 24.5 Å². The first-order valence-electron chi connectivity index (χ1n) is 8.89. The Kier molecular flexibility index (Phi) is 8.59. The van der Waals surface area contributed by atoms with E-state index in [0.29, 0.717) is 39.0 Å². The minimum Gasteiger partial charge on any atom is -0.314 e. The molecule has 0 bridgehead atoms. The molecule has 2 nitrogen and oxygen atoms in total. The Balaban J connectivity index is 0.00000392. The molecule has 0 aromatic heterocycles. The molecular formula is C18H24ClF7N2.